The van der Waals surface area contributed by atoms with E-state index in [4.69, 9.17) is 5.41 Å². The fourth-order valence-electron chi connectivity index (χ4n) is 2.99. The molecule has 26 heavy (non-hydrogen) atoms. The number of hydrogen-bond acceptors (Lipinski definition) is 5. The molecule has 1 aliphatic rings. The third-order valence-corrected chi connectivity index (χ3v) is 6.22. The number of anilines is 1. The van der Waals surface area contributed by atoms with Gasteiger partial charge in [0.05, 0.1) is 22.7 Å². The van der Waals surface area contributed by atoms with Gasteiger partial charge < -0.3 is 10.0 Å². The maximum atomic E-state index is 10.5. The van der Waals surface area contributed by atoms with Gasteiger partial charge in [0.25, 0.3) is 0 Å². The Bertz CT molecular complexity index is 969. The van der Waals surface area contributed by atoms with Gasteiger partial charge in [0.2, 0.25) is 0 Å². The molecule has 0 fully saturated rings. The molecule has 1 aromatic carbocycles. The Labute approximate surface area is 160 Å². The van der Waals surface area contributed by atoms with Crippen LogP contribution < -0.4 is 4.90 Å². The van der Waals surface area contributed by atoms with Crippen LogP contribution in [0.5, 0.6) is 0 Å². The zero-order valence-corrected chi connectivity index (χ0v) is 16.2. The number of hydrogen-bond donors (Lipinski definition) is 2. The first-order valence-electron chi connectivity index (χ1n) is 8.43. The van der Waals surface area contributed by atoms with Crippen molar-refractivity contribution in [1.29, 1.82) is 5.41 Å². The topological polar surface area (TPSA) is 60.2 Å². The number of benzene rings is 1. The second-order valence-corrected chi connectivity index (χ2v) is 8.32. The van der Waals surface area contributed by atoms with Gasteiger partial charge in [-0.25, -0.2) is 4.98 Å². The highest BCUT2D eigenvalue weighted by atomic mass is 32.1. The van der Waals surface area contributed by atoms with Crippen LogP contribution in [0.2, 0.25) is 0 Å². The molecule has 4 rings (SSSR count). The van der Waals surface area contributed by atoms with Crippen LogP contribution in [0.4, 0.5) is 5.69 Å². The van der Waals surface area contributed by atoms with Gasteiger partial charge in [0.1, 0.15) is 16.6 Å². The van der Waals surface area contributed by atoms with Gasteiger partial charge in [-0.1, -0.05) is 32.0 Å². The van der Waals surface area contributed by atoms with Crippen LogP contribution in [-0.2, 0) is 0 Å². The summed E-state index contributed by atoms with van der Waals surface area (Å²) in [5.41, 5.74) is 3.60. The maximum Gasteiger partial charge on any atom is 0.139 e. The number of rotatable bonds is 4. The molecule has 1 aliphatic heterocycles. The fourth-order valence-corrected chi connectivity index (χ4v) is 4.64. The average molecular weight is 382 g/mol. The number of nitrogens with one attached hydrogen (secondary N) is 1. The minimum Gasteiger partial charge on any atom is -0.510 e. The molecule has 0 bridgehead atoms. The number of thiazole rings is 1. The van der Waals surface area contributed by atoms with E-state index in [9.17, 15) is 5.11 Å². The lowest BCUT2D eigenvalue weighted by molar-refractivity contribution is 0.411. The van der Waals surface area contributed by atoms with Crippen LogP contribution in [0.25, 0.3) is 16.1 Å². The lowest BCUT2D eigenvalue weighted by atomic mass is 10.0. The second kappa shape index (κ2) is 6.70. The summed E-state index contributed by atoms with van der Waals surface area (Å²) >= 11 is 3.10. The quantitative estimate of drug-likeness (QED) is 0.604. The Morgan fingerprint density at radius 1 is 1.15 bits per heavy atom. The van der Waals surface area contributed by atoms with Gasteiger partial charge in [-0.2, -0.15) is 0 Å². The van der Waals surface area contributed by atoms with Crippen LogP contribution in [0.1, 0.15) is 30.3 Å². The largest absolute Gasteiger partial charge is 0.510 e. The van der Waals surface area contributed by atoms with Crippen LogP contribution in [0.15, 0.2) is 52.9 Å². The van der Waals surface area contributed by atoms with E-state index in [-0.39, 0.29) is 5.76 Å². The van der Waals surface area contributed by atoms with E-state index in [1.54, 1.807) is 11.3 Å². The first-order valence-corrected chi connectivity index (χ1v) is 10.2. The minimum absolute atomic E-state index is 0.204. The Balaban J connectivity index is 1.61. The number of amidine groups is 1. The standard InChI is InChI=1S/C20H19N3OS2/c1-12(2)13-5-7-14(8-6-13)23-10-16(24)18(19(23)21)20-22-15(11-26-20)17-4-3-9-25-17/h3-9,11-12,21,24H,10H2,1-2H3. The van der Waals surface area contributed by atoms with E-state index in [1.165, 1.54) is 16.9 Å². The van der Waals surface area contributed by atoms with Crippen LogP contribution in [0, 0.1) is 5.41 Å². The normalized spacial score (nSPS) is 14.7. The summed E-state index contributed by atoms with van der Waals surface area (Å²) in [6, 6.07) is 12.2. The monoisotopic (exact) mass is 381 g/mol. The molecule has 3 heterocycles. The molecule has 0 saturated heterocycles. The van der Waals surface area contributed by atoms with Crippen molar-refractivity contribution in [2.75, 3.05) is 11.4 Å². The van der Waals surface area contributed by atoms with E-state index in [0.717, 1.165) is 16.3 Å². The summed E-state index contributed by atoms with van der Waals surface area (Å²) in [5, 5.41) is 23.8. The highest BCUT2D eigenvalue weighted by molar-refractivity contribution is 7.14. The zero-order valence-electron chi connectivity index (χ0n) is 14.6. The lowest BCUT2D eigenvalue weighted by Gasteiger charge is -2.19. The van der Waals surface area contributed by atoms with Gasteiger partial charge in [-0.05, 0) is 35.1 Å². The summed E-state index contributed by atoms with van der Waals surface area (Å²) in [5.74, 6) is 0.969. The number of aromatic nitrogens is 1. The number of thiophene rings is 1. The summed E-state index contributed by atoms with van der Waals surface area (Å²) in [6.45, 7) is 4.63. The van der Waals surface area contributed by atoms with E-state index >= 15 is 0 Å². The van der Waals surface area contributed by atoms with Crippen LogP contribution in [0.3, 0.4) is 0 Å². The molecular weight excluding hydrogens is 362 g/mol. The van der Waals surface area contributed by atoms with E-state index < -0.39 is 0 Å². The van der Waals surface area contributed by atoms with Crippen molar-refractivity contribution in [3.05, 3.63) is 63.5 Å². The lowest BCUT2D eigenvalue weighted by Crippen LogP contribution is -2.26. The Hall–Kier alpha value is -2.44. The van der Waals surface area contributed by atoms with E-state index in [0.29, 0.717) is 28.9 Å². The average Bonchev–Trinajstić information content (AvgIpc) is 3.35. The summed E-state index contributed by atoms with van der Waals surface area (Å²) in [7, 11) is 0. The number of aliphatic hydroxyl groups is 1. The summed E-state index contributed by atoms with van der Waals surface area (Å²) in [6.07, 6.45) is 0. The van der Waals surface area contributed by atoms with Crippen LogP contribution >= 0.6 is 22.7 Å². The highest BCUT2D eigenvalue weighted by Crippen LogP contribution is 2.35. The molecule has 0 spiro atoms. The maximum absolute atomic E-state index is 10.5. The van der Waals surface area contributed by atoms with Gasteiger partial charge >= 0.3 is 0 Å². The second-order valence-electron chi connectivity index (χ2n) is 6.52. The van der Waals surface area contributed by atoms with E-state index in [1.807, 2.05) is 39.9 Å². The van der Waals surface area contributed by atoms with Crippen LogP contribution in [-0.4, -0.2) is 22.5 Å². The fraction of sp³-hybridized carbons (Fsp3) is 0.200. The molecule has 0 amide bonds. The third kappa shape index (κ3) is 2.95. The highest BCUT2D eigenvalue weighted by Gasteiger charge is 2.31. The van der Waals surface area contributed by atoms with Crippen molar-refractivity contribution in [3.8, 4) is 10.6 Å². The van der Waals surface area contributed by atoms with Crippen molar-refractivity contribution in [3.63, 3.8) is 0 Å². The van der Waals surface area contributed by atoms with Crippen molar-refractivity contribution in [2.24, 2.45) is 0 Å². The molecule has 132 valence electrons. The Morgan fingerprint density at radius 2 is 1.92 bits per heavy atom. The van der Waals surface area contributed by atoms with Crippen molar-refractivity contribution >= 4 is 39.8 Å². The first kappa shape index (κ1) is 17.0. The first-order chi connectivity index (χ1) is 12.5. The minimum atomic E-state index is 0.204. The molecule has 0 unspecified atom stereocenters. The van der Waals surface area contributed by atoms with Crippen molar-refractivity contribution in [1.82, 2.24) is 4.98 Å². The van der Waals surface area contributed by atoms with E-state index in [2.05, 4.69) is 31.0 Å². The molecule has 2 N–H and O–H groups in total. The zero-order chi connectivity index (χ0) is 18.3. The van der Waals surface area contributed by atoms with Gasteiger partial charge in [0, 0.05) is 11.1 Å². The summed E-state index contributed by atoms with van der Waals surface area (Å²) < 4.78 is 0. The third-order valence-electron chi connectivity index (χ3n) is 4.47. The molecule has 4 nitrogen and oxygen atoms in total. The molecule has 3 aromatic rings. The predicted molar refractivity (Wildman–Crippen MR) is 111 cm³/mol. The number of aliphatic hydroxyl groups excluding tert-OH is 1. The molecule has 0 radical (unpaired) electrons. The van der Waals surface area contributed by atoms with Gasteiger partial charge in [-0.15, -0.1) is 22.7 Å². The molecule has 0 saturated carbocycles. The molecule has 6 heteroatoms. The van der Waals surface area contributed by atoms with Gasteiger partial charge in [0.15, 0.2) is 0 Å². The molecule has 0 aliphatic carbocycles. The smallest absolute Gasteiger partial charge is 0.139 e. The Morgan fingerprint density at radius 3 is 2.58 bits per heavy atom. The predicted octanol–water partition coefficient (Wildman–Crippen LogP) is 5.76. The van der Waals surface area contributed by atoms with Crippen molar-refractivity contribution < 1.29 is 5.11 Å². The molecule has 2 aromatic heterocycles. The molecule has 0 atom stereocenters. The SMILES string of the molecule is CC(C)c1ccc(N2CC(O)=C(c3nc(-c4cccs4)cs3)C2=N)cc1. The molecular formula is C20H19N3OS2. The van der Waals surface area contributed by atoms with Crippen molar-refractivity contribution in [2.45, 2.75) is 19.8 Å². The number of nitrogens with zero attached hydrogens (tertiary/aromatic N) is 2. The van der Waals surface area contributed by atoms with Gasteiger partial charge in [-0.3, -0.25) is 5.41 Å². The Kier molecular flexibility index (Phi) is 4.38. The summed E-state index contributed by atoms with van der Waals surface area (Å²) in [4.78, 5) is 7.56.